The topological polar surface area (TPSA) is 69.0 Å². The lowest BCUT2D eigenvalue weighted by Gasteiger charge is -2.09. The first-order valence-electron chi connectivity index (χ1n) is 7.34. The van der Waals surface area contributed by atoms with E-state index in [9.17, 15) is 13.6 Å². The van der Waals surface area contributed by atoms with Crippen molar-refractivity contribution in [2.75, 3.05) is 5.32 Å². The van der Waals surface area contributed by atoms with Crippen LogP contribution < -0.4 is 10.1 Å². The van der Waals surface area contributed by atoms with Crippen LogP contribution in [0, 0.1) is 0 Å². The maximum absolute atomic E-state index is 13.1. The predicted octanol–water partition coefficient (Wildman–Crippen LogP) is 3.80. The normalized spacial score (nSPS) is 10.7. The van der Waals surface area contributed by atoms with Gasteiger partial charge in [-0.05, 0) is 24.3 Å². The van der Waals surface area contributed by atoms with Crippen LogP contribution in [0.3, 0.4) is 0 Å². The van der Waals surface area contributed by atoms with Gasteiger partial charge in [0.1, 0.15) is 17.2 Å². The van der Waals surface area contributed by atoms with Gasteiger partial charge in [-0.15, -0.1) is 0 Å². The van der Waals surface area contributed by atoms with E-state index in [0.29, 0.717) is 17.2 Å². The number of nitrogens with one attached hydrogen (secondary N) is 1. The zero-order valence-electron chi connectivity index (χ0n) is 13.2. The number of carbonyl (C=O) groups excluding carboxylic acids is 1. The van der Waals surface area contributed by atoms with Crippen LogP contribution in [0.25, 0.3) is 0 Å². The highest BCUT2D eigenvalue weighted by Gasteiger charge is 2.23. The molecule has 0 saturated carbocycles. The Labute approximate surface area is 142 Å². The summed E-state index contributed by atoms with van der Waals surface area (Å²) < 4.78 is 32.8. The Hall–Kier alpha value is -3.29. The van der Waals surface area contributed by atoms with Crippen molar-refractivity contribution in [2.45, 2.75) is 6.43 Å². The number of alkyl halides is 2. The molecule has 0 atom stereocenters. The van der Waals surface area contributed by atoms with Crippen molar-refractivity contribution in [3.8, 4) is 11.5 Å². The fourth-order valence-corrected chi connectivity index (χ4v) is 2.26. The van der Waals surface area contributed by atoms with Crippen molar-refractivity contribution in [1.82, 2.24) is 14.8 Å². The van der Waals surface area contributed by atoms with E-state index in [4.69, 9.17) is 4.74 Å². The van der Waals surface area contributed by atoms with Crippen LogP contribution >= 0.6 is 0 Å². The van der Waals surface area contributed by atoms with Gasteiger partial charge in [-0.2, -0.15) is 5.10 Å². The number of pyridine rings is 1. The summed E-state index contributed by atoms with van der Waals surface area (Å²) in [5.74, 6) is 0.416. The van der Waals surface area contributed by atoms with E-state index >= 15 is 0 Å². The van der Waals surface area contributed by atoms with Gasteiger partial charge >= 0.3 is 0 Å². The van der Waals surface area contributed by atoms with Gasteiger partial charge < -0.3 is 10.1 Å². The third-order valence-corrected chi connectivity index (χ3v) is 3.41. The standard InChI is InChI=1S/C17H14F2N4O2/c1-23-15(16(18)19)14(10-21-23)17(24)22-11-3-2-4-13(9-11)25-12-5-7-20-8-6-12/h2-10,16H,1H3,(H,22,24). The van der Waals surface area contributed by atoms with Gasteiger partial charge in [0, 0.05) is 31.2 Å². The molecule has 1 aromatic carbocycles. The molecule has 2 aromatic heterocycles. The average Bonchev–Trinajstić information content (AvgIpc) is 2.98. The first-order chi connectivity index (χ1) is 12.0. The SMILES string of the molecule is Cn1ncc(C(=O)Nc2cccc(Oc3ccncc3)c2)c1C(F)F. The monoisotopic (exact) mass is 344 g/mol. The summed E-state index contributed by atoms with van der Waals surface area (Å²) >= 11 is 0. The third-order valence-electron chi connectivity index (χ3n) is 3.41. The number of nitrogens with zero attached hydrogens (tertiary/aromatic N) is 3. The van der Waals surface area contributed by atoms with Crippen molar-refractivity contribution in [3.63, 3.8) is 0 Å². The zero-order valence-corrected chi connectivity index (χ0v) is 13.2. The van der Waals surface area contributed by atoms with Gasteiger partial charge in [0.25, 0.3) is 12.3 Å². The summed E-state index contributed by atoms with van der Waals surface area (Å²) in [4.78, 5) is 16.2. The average molecular weight is 344 g/mol. The highest BCUT2D eigenvalue weighted by Crippen LogP contribution is 2.26. The Balaban J connectivity index is 1.77. The van der Waals surface area contributed by atoms with E-state index in [1.807, 2.05) is 0 Å². The van der Waals surface area contributed by atoms with Crippen LogP contribution in [-0.2, 0) is 7.05 Å². The highest BCUT2D eigenvalue weighted by atomic mass is 19.3. The number of halogens is 2. The number of ether oxygens (including phenoxy) is 1. The molecule has 0 radical (unpaired) electrons. The quantitative estimate of drug-likeness (QED) is 0.764. The molecule has 0 aliphatic carbocycles. The van der Waals surface area contributed by atoms with E-state index < -0.39 is 18.0 Å². The molecule has 0 unspecified atom stereocenters. The van der Waals surface area contributed by atoms with Crippen molar-refractivity contribution in [3.05, 3.63) is 66.2 Å². The molecule has 2 heterocycles. The molecule has 8 heteroatoms. The molecule has 3 aromatic rings. The number of aryl methyl sites for hydroxylation is 1. The van der Waals surface area contributed by atoms with Gasteiger partial charge in [0.2, 0.25) is 0 Å². The lowest BCUT2D eigenvalue weighted by molar-refractivity contribution is 0.100. The number of benzene rings is 1. The number of carbonyl (C=O) groups is 1. The molecule has 0 saturated heterocycles. The molecule has 0 bridgehead atoms. The molecular formula is C17H14F2N4O2. The predicted molar refractivity (Wildman–Crippen MR) is 86.9 cm³/mol. The molecule has 6 nitrogen and oxygen atoms in total. The molecule has 0 aliphatic heterocycles. The maximum atomic E-state index is 13.1. The Morgan fingerprint density at radius 2 is 1.96 bits per heavy atom. The molecule has 25 heavy (non-hydrogen) atoms. The first kappa shape index (κ1) is 16.6. The van der Waals surface area contributed by atoms with Gasteiger partial charge in [0.15, 0.2) is 0 Å². The summed E-state index contributed by atoms with van der Waals surface area (Å²) in [6.45, 7) is 0. The Kier molecular flexibility index (Phi) is 4.69. The van der Waals surface area contributed by atoms with Gasteiger partial charge in [0.05, 0.1) is 11.8 Å². The third kappa shape index (κ3) is 3.79. The second-order valence-electron chi connectivity index (χ2n) is 5.13. The van der Waals surface area contributed by atoms with Gasteiger partial charge in [-0.3, -0.25) is 14.5 Å². The minimum atomic E-state index is -2.80. The zero-order chi connectivity index (χ0) is 17.8. The van der Waals surface area contributed by atoms with Crippen molar-refractivity contribution < 1.29 is 18.3 Å². The number of hydrogen-bond donors (Lipinski definition) is 1. The summed E-state index contributed by atoms with van der Waals surface area (Å²) in [6.07, 6.45) is 1.51. The summed E-state index contributed by atoms with van der Waals surface area (Å²) in [7, 11) is 1.36. The second kappa shape index (κ2) is 7.08. The van der Waals surface area contributed by atoms with Crippen molar-refractivity contribution in [2.24, 2.45) is 7.05 Å². The minimum absolute atomic E-state index is 0.169. The van der Waals surface area contributed by atoms with Crippen LogP contribution in [0.2, 0.25) is 0 Å². The lowest BCUT2D eigenvalue weighted by atomic mass is 10.2. The lowest BCUT2D eigenvalue weighted by Crippen LogP contribution is -2.14. The van der Waals surface area contributed by atoms with Crippen LogP contribution in [0.15, 0.2) is 55.0 Å². The number of aromatic nitrogens is 3. The van der Waals surface area contributed by atoms with E-state index in [0.717, 1.165) is 10.9 Å². The fraction of sp³-hybridized carbons (Fsp3) is 0.118. The number of rotatable bonds is 5. The molecule has 3 rings (SSSR count). The molecular weight excluding hydrogens is 330 g/mol. The largest absolute Gasteiger partial charge is 0.457 e. The van der Waals surface area contributed by atoms with E-state index in [-0.39, 0.29) is 5.56 Å². The van der Waals surface area contributed by atoms with Gasteiger partial charge in [-0.1, -0.05) is 6.07 Å². The molecule has 0 aliphatic rings. The smallest absolute Gasteiger partial charge is 0.280 e. The second-order valence-corrected chi connectivity index (χ2v) is 5.13. The van der Waals surface area contributed by atoms with Crippen LogP contribution in [0.4, 0.5) is 14.5 Å². The summed E-state index contributed by atoms with van der Waals surface area (Å²) in [6, 6.07) is 10.0. The van der Waals surface area contributed by atoms with E-state index in [2.05, 4.69) is 15.4 Å². The maximum Gasteiger partial charge on any atom is 0.280 e. The van der Waals surface area contributed by atoms with Crippen molar-refractivity contribution in [1.29, 1.82) is 0 Å². The number of hydrogen-bond acceptors (Lipinski definition) is 4. The highest BCUT2D eigenvalue weighted by molar-refractivity contribution is 6.05. The van der Waals surface area contributed by atoms with Crippen LogP contribution in [0.1, 0.15) is 22.5 Å². The summed E-state index contributed by atoms with van der Waals surface area (Å²) in [5.41, 5.74) is -0.180. The number of anilines is 1. The van der Waals surface area contributed by atoms with Crippen molar-refractivity contribution >= 4 is 11.6 Å². The van der Waals surface area contributed by atoms with Gasteiger partial charge in [-0.25, -0.2) is 8.78 Å². The van der Waals surface area contributed by atoms with E-state index in [1.54, 1.807) is 48.8 Å². The molecule has 128 valence electrons. The molecule has 0 spiro atoms. The molecule has 1 amide bonds. The Morgan fingerprint density at radius 3 is 2.68 bits per heavy atom. The summed E-state index contributed by atoms with van der Waals surface area (Å²) in [5, 5.41) is 6.29. The first-order valence-corrected chi connectivity index (χ1v) is 7.34. The molecule has 0 fully saturated rings. The minimum Gasteiger partial charge on any atom is -0.457 e. The van der Waals surface area contributed by atoms with Crippen LogP contribution in [-0.4, -0.2) is 20.7 Å². The fourth-order valence-electron chi connectivity index (χ4n) is 2.26. The van der Waals surface area contributed by atoms with E-state index in [1.165, 1.54) is 7.05 Å². The Bertz CT molecular complexity index is 881. The Morgan fingerprint density at radius 1 is 1.20 bits per heavy atom. The molecule has 1 N–H and O–H groups in total. The van der Waals surface area contributed by atoms with Crippen LogP contribution in [0.5, 0.6) is 11.5 Å². The number of amides is 1.